The largest absolute Gasteiger partial charge is 0.299 e. The molecule has 2 aliphatic rings. The van der Waals surface area contributed by atoms with Crippen LogP contribution in [0.2, 0.25) is 0 Å². The number of benzene rings is 1. The summed E-state index contributed by atoms with van der Waals surface area (Å²) in [6.45, 7) is 4.29. The maximum atomic E-state index is 12.2. The van der Waals surface area contributed by atoms with E-state index in [1.807, 2.05) is 0 Å². The van der Waals surface area contributed by atoms with Gasteiger partial charge in [-0.3, -0.25) is 9.69 Å². The lowest BCUT2D eigenvalue weighted by Gasteiger charge is -2.33. The Kier molecular flexibility index (Phi) is 4.21. The Morgan fingerprint density at radius 1 is 1.10 bits per heavy atom. The third-order valence-electron chi connectivity index (χ3n) is 4.99. The van der Waals surface area contributed by atoms with Gasteiger partial charge < -0.3 is 0 Å². The van der Waals surface area contributed by atoms with Crippen LogP contribution in [0.25, 0.3) is 0 Å². The number of likely N-dealkylation sites (tertiary alicyclic amines) is 1. The number of rotatable bonds is 3. The van der Waals surface area contributed by atoms with Crippen LogP contribution in [0.5, 0.6) is 0 Å². The summed E-state index contributed by atoms with van der Waals surface area (Å²) in [6.07, 6.45) is 6.75. The summed E-state index contributed by atoms with van der Waals surface area (Å²) >= 11 is 0. The van der Waals surface area contributed by atoms with E-state index in [1.54, 1.807) is 0 Å². The molecule has 2 fully saturated rings. The van der Waals surface area contributed by atoms with Crippen LogP contribution in [0.4, 0.5) is 0 Å². The van der Waals surface area contributed by atoms with Crippen LogP contribution in [0.3, 0.4) is 0 Å². The van der Waals surface area contributed by atoms with Crippen molar-refractivity contribution in [1.29, 1.82) is 0 Å². The summed E-state index contributed by atoms with van der Waals surface area (Å²) in [4.78, 5) is 14.8. The van der Waals surface area contributed by atoms with Crippen molar-refractivity contribution in [3.8, 4) is 0 Å². The molecule has 3 rings (SSSR count). The summed E-state index contributed by atoms with van der Waals surface area (Å²) in [5.41, 5.74) is 2.69. The normalized spacial score (nSPS) is 27.9. The van der Waals surface area contributed by atoms with E-state index in [9.17, 15) is 4.79 Å². The van der Waals surface area contributed by atoms with Gasteiger partial charge in [0.2, 0.25) is 0 Å². The second-order valence-electron chi connectivity index (χ2n) is 6.48. The van der Waals surface area contributed by atoms with E-state index in [-0.39, 0.29) is 0 Å². The van der Waals surface area contributed by atoms with Crippen LogP contribution >= 0.6 is 0 Å². The van der Waals surface area contributed by atoms with Gasteiger partial charge in [0.25, 0.3) is 0 Å². The molecule has 0 amide bonds. The molecular weight excluding hydrogens is 246 g/mol. The predicted octanol–water partition coefficient (Wildman–Crippen LogP) is 3.72. The number of nitrogens with zero attached hydrogens (tertiary/aromatic N) is 1. The summed E-state index contributed by atoms with van der Waals surface area (Å²) in [5, 5.41) is 0. The predicted molar refractivity (Wildman–Crippen MR) is 81.6 cm³/mol. The van der Waals surface area contributed by atoms with Crippen LogP contribution in [0.1, 0.15) is 49.7 Å². The molecule has 2 heteroatoms. The molecular formula is C18H25NO. The summed E-state index contributed by atoms with van der Waals surface area (Å²) in [5.74, 6) is 0.841. The van der Waals surface area contributed by atoms with Crippen molar-refractivity contribution in [3.63, 3.8) is 0 Å². The second-order valence-corrected chi connectivity index (χ2v) is 6.48. The maximum absolute atomic E-state index is 12.2. The van der Waals surface area contributed by atoms with Crippen molar-refractivity contribution in [1.82, 2.24) is 4.90 Å². The van der Waals surface area contributed by atoms with Gasteiger partial charge >= 0.3 is 0 Å². The third kappa shape index (κ3) is 2.95. The molecule has 108 valence electrons. The highest BCUT2D eigenvalue weighted by atomic mass is 16.1. The van der Waals surface area contributed by atoms with Crippen molar-refractivity contribution >= 4 is 5.78 Å². The molecule has 2 unspecified atom stereocenters. The summed E-state index contributed by atoms with van der Waals surface area (Å²) < 4.78 is 0. The van der Waals surface area contributed by atoms with Gasteiger partial charge in [-0.1, -0.05) is 36.2 Å². The second kappa shape index (κ2) is 6.09. The van der Waals surface area contributed by atoms with E-state index >= 15 is 0 Å². The molecule has 0 aromatic heterocycles. The Bertz CT molecular complexity index is 465. The minimum Gasteiger partial charge on any atom is -0.299 e. The lowest BCUT2D eigenvalue weighted by Crippen LogP contribution is -2.40. The molecule has 2 nitrogen and oxygen atoms in total. The average Bonchev–Trinajstić information content (AvgIpc) is 2.90. The standard InChI is InChI=1S/C18H25NO/c1-14-8-10-15(11-9-14)13-19-12-4-6-17(19)16-5-2-3-7-18(16)20/h8-11,16-17H,2-7,12-13H2,1H3. The van der Waals surface area contributed by atoms with E-state index in [1.165, 1.54) is 30.4 Å². The minimum atomic E-state index is 0.316. The molecule has 20 heavy (non-hydrogen) atoms. The fourth-order valence-electron chi connectivity index (χ4n) is 3.85. The Morgan fingerprint density at radius 3 is 2.65 bits per heavy atom. The first-order valence-electron chi connectivity index (χ1n) is 8.06. The minimum absolute atomic E-state index is 0.316. The van der Waals surface area contributed by atoms with Crippen LogP contribution in [-0.4, -0.2) is 23.3 Å². The lowest BCUT2D eigenvalue weighted by molar-refractivity contribution is -0.126. The van der Waals surface area contributed by atoms with E-state index in [4.69, 9.17) is 0 Å². The van der Waals surface area contributed by atoms with Crippen molar-refractivity contribution in [3.05, 3.63) is 35.4 Å². The van der Waals surface area contributed by atoms with Crippen LogP contribution in [-0.2, 0) is 11.3 Å². The highest BCUT2D eigenvalue weighted by Crippen LogP contribution is 2.33. The van der Waals surface area contributed by atoms with Gasteiger partial charge in [0, 0.05) is 24.9 Å². The van der Waals surface area contributed by atoms with Crippen molar-refractivity contribution in [2.24, 2.45) is 5.92 Å². The van der Waals surface area contributed by atoms with Gasteiger partial charge in [0.1, 0.15) is 5.78 Å². The highest BCUT2D eigenvalue weighted by Gasteiger charge is 2.36. The van der Waals surface area contributed by atoms with Gasteiger partial charge in [-0.05, 0) is 44.7 Å². The number of hydrogen-bond acceptors (Lipinski definition) is 2. The first-order chi connectivity index (χ1) is 9.74. The van der Waals surface area contributed by atoms with Crippen molar-refractivity contribution < 1.29 is 4.79 Å². The molecule has 2 atom stereocenters. The Labute approximate surface area is 122 Å². The van der Waals surface area contributed by atoms with Crippen LogP contribution < -0.4 is 0 Å². The first kappa shape index (κ1) is 13.8. The van der Waals surface area contributed by atoms with Crippen LogP contribution in [0, 0.1) is 12.8 Å². The number of carbonyl (C=O) groups is 1. The van der Waals surface area contributed by atoms with E-state index in [2.05, 4.69) is 36.1 Å². The maximum Gasteiger partial charge on any atom is 0.137 e. The zero-order valence-electron chi connectivity index (χ0n) is 12.5. The Morgan fingerprint density at radius 2 is 1.90 bits per heavy atom. The van der Waals surface area contributed by atoms with E-state index in [0.29, 0.717) is 17.7 Å². The molecule has 0 radical (unpaired) electrons. The molecule has 1 aliphatic carbocycles. The summed E-state index contributed by atoms with van der Waals surface area (Å²) in [7, 11) is 0. The fourth-order valence-corrected chi connectivity index (χ4v) is 3.85. The Balaban J connectivity index is 1.68. The quantitative estimate of drug-likeness (QED) is 0.835. The number of ketones is 1. The zero-order chi connectivity index (χ0) is 13.9. The monoisotopic (exact) mass is 271 g/mol. The summed E-state index contributed by atoms with van der Waals surface area (Å²) in [6, 6.07) is 9.34. The molecule has 1 aromatic rings. The fraction of sp³-hybridized carbons (Fsp3) is 0.611. The molecule has 1 aromatic carbocycles. The molecule has 1 aliphatic heterocycles. The van der Waals surface area contributed by atoms with Gasteiger partial charge in [-0.2, -0.15) is 0 Å². The SMILES string of the molecule is Cc1ccc(CN2CCCC2C2CCCCC2=O)cc1. The van der Waals surface area contributed by atoms with Gasteiger partial charge in [0.05, 0.1) is 0 Å². The average molecular weight is 271 g/mol. The molecule has 1 saturated carbocycles. The molecule has 1 heterocycles. The Hall–Kier alpha value is -1.15. The van der Waals surface area contributed by atoms with Gasteiger partial charge in [-0.15, -0.1) is 0 Å². The van der Waals surface area contributed by atoms with Crippen LogP contribution in [0.15, 0.2) is 24.3 Å². The number of carbonyl (C=O) groups excluding carboxylic acids is 1. The van der Waals surface area contributed by atoms with Gasteiger partial charge in [0.15, 0.2) is 0 Å². The van der Waals surface area contributed by atoms with Crippen molar-refractivity contribution in [2.75, 3.05) is 6.54 Å². The lowest BCUT2D eigenvalue weighted by atomic mass is 9.82. The number of hydrogen-bond donors (Lipinski definition) is 0. The molecule has 1 saturated heterocycles. The zero-order valence-corrected chi connectivity index (χ0v) is 12.5. The third-order valence-corrected chi connectivity index (χ3v) is 4.99. The molecule has 0 N–H and O–H groups in total. The highest BCUT2D eigenvalue weighted by molar-refractivity contribution is 5.82. The number of aryl methyl sites for hydroxylation is 1. The topological polar surface area (TPSA) is 20.3 Å². The smallest absolute Gasteiger partial charge is 0.137 e. The van der Waals surface area contributed by atoms with Gasteiger partial charge in [-0.25, -0.2) is 0 Å². The van der Waals surface area contributed by atoms with E-state index in [0.717, 1.165) is 32.4 Å². The first-order valence-corrected chi connectivity index (χ1v) is 8.06. The number of Topliss-reactive ketones (excluding diaryl/α,β-unsaturated/α-hetero) is 1. The van der Waals surface area contributed by atoms with E-state index < -0.39 is 0 Å². The molecule has 0 bridgehead atoms. The van der Waals surface area contributed by atoms with Crippen molar-refractivity contribution in [2.45, 2.75) is 58.0 Å². The molecule has 0 spiro atoms.